The van der Waals surface area contributed by atoms with Gasteiger partial charge in [0, 0.05) is 23.5 Å². The van der Waals surface area contributed by atoms with Crippen LogP contribution in [0.15, 0.2) is 29.6 Å². The summed E-state index contributed by atoms with van der Waals surface area (Å²) < 4.78 is 0. The van der Waals surface area contributed by atoms with E-state index in [4.69, 9.17) is 0 Å². The van der Waals surface area contributed by atoms with Gasteiger partial charge < -0.3 is 15.2 Å². The van der Waals surface area contributed by atoms with Crippen LogP contribution in [0, 0.1) is 6.92 Å². The van der Waals surface area contributed by atoms with Crippen LogP contribution < -0.4 is 10.4 Å². The normalized spacial score (nSPS) is 10.2. The number of carbonyl (C=O) groups excluding carboxylic acids is 1. The smallest absolute Gasteiger partial charge is 0.187 e. The highest BCUT2D eigenvalue weighted by Gasteiger charge is 2.02. The molecule has 0 bridgehead atoms. The Hall–Kier alpha value is -1.88. The first-order valence-corrected chi connectivity index (χ1v) is 5.99. The van der Waals surface area contributed by atoms with E-state index in [0.717, 1.165) is 11.3 Å². The molecule has 1 aromatic heterocycles. The highest BCUT2D eigenvalue weighted by Crippen LogP contribution is 2.21. The molecule has 1 heterocycles. The second-order valence-electron chi connectivity index (χ2n) is 3.69. The van der Waals surface area contributed by atoms with E-state index < -0.39 is 5.97 Å². The van der Waals surface area contributed by atoms with Crippen molar-refractivity contribution in [3.63, 3.8) is 0 Å². The molecule has 5 heteroatoms. The van der Waals surface area contributed by atoms with Gasteiger partial charge in [-0.3, -0.25) is 0 Å². The van der Waals surface area contributed by atoms with E-state index in [1.165, 1.54) is 11.3 Å². The van der Waals surface area contributed by atoms with E-state index in [0.29, 0.717) is 10.8 Å². The molecule has 2 aromatic rings. The maximum atomic E-state index is 10.4. The Morgan fingerprint density at radius 1 is 1.53 bits per heavy atom. The zero-order chi connectivity index (χ0) is 12.3. The lowest BCUT2D eigenvalue weighted by Crippen LogP contribution is -2.24. The van der Waals surface area contributed by atoms with Gasteiger partial charge in [-0.15, -0.1) is 11.3 Å². The van der Waals surface area contributed by atoms with Crippen LogP contribution in [0.2, 0.25) is 0 Å². The Labute approximate surface area is 103 Å². The van der Waals surface area contributed by atoms with Crippen LogP contribution in [0.4, 0.5) is 10.8 Å². The lowest BCUT2D eigenvalue weighted by atomic mass is 10.2. The van der Waals surface area contributed by atoms with Crippen molar-refractivity contribution in [2.75, 3.05) is 5.32 Å². The standard InChI is InChI=1S/C12H12N2O2S/c1-8-3-2-4-9(5-8)13-12-14-10(7-17-12)6-11(15)16/h2-5,7H,6H2,1H3,(H,13,14)(H,15,16)/p-1. The molecule has 0 aliphatic rings. The zero-order valence-corrected chi connectivity index (χ0v) is 10.1. The second kappa shape index (κ2) is 4.97. The van der Waals surface area contributed by atoms with Crippen molar-refractivity contribution in [2.45, 2.75) is 13.3 Å². The summed E-state index contributed by atoms with van der Waals surface area (Å²) in [5.74, 6) is -1.11. The zero-order valence-electron chi connectivity index (χ0n) is 9.27. The fourth-order valence-corrected chi connectivity index (χ4v) is 2.17. The van der Waals surface area contributed by atoms with Crippen LogP contribution in [0.3, 0.4) is 0 Å². The van der Waals surface area contributed by atoms with Crippen LogP contribution in [0.25, 0.3) is 0 Å². The lowest BCUT2D eigenvalue weighted by Gasteiger charge is -2.03. The van der Waals surface area contributed by atoms with Gasteiger partial charge >= 0.3 is 0 Å². The van der Waals surface area contributed by atoms with Crippen molar-refractivity contribution in [1.82, 2.24) is 4.98 Å². The molecule has 0 amide bonds. The SMILES string of the molecule is Cc1cccc(Nc2nc(CC(=O)[O-])cs2)c1. The van der Waals surface area contributed by atoms with Crippen LogP contribution in [-0.2, 0) is 11.2 Å². The Kier molecular flexibility index (Phi) is 3.39. The Morgan fingerprint density at radius 2 is 2.35 bits per heavy atom. The summed E-state index contributed by atoms with van der Waals surface area (Å²) in [6.07, 6.45) is -0.147. The van der Waals surface area contributed by atoms with Gasteiger partial charge in [0.15, 0.2) is 5.13 Å². The highest BCUT2D eigenvalue weighted by molar-refractivity contribution is 7.13. The molecule has 0 saturated heterocycles. The fourth-order valence-electron chi connectivity index (χ4n) is 1.44. The number of aliphatic carboxylic acids is 1. The van der Waals surface area contributed by atoms with Crippen molar-refractivity contribution in [3.05, 3.63) is 40.9 Å². The molecule has 1 aromatic carbocycles. The quantitative estimate of drug-likeness (QED) is 0.889. The number of aryl methyl sites for hydroxylation is 1. The van der Waals surface area contributed by atoms with E-state index in [1.807, 2.05) is 31.2 Å². The predicted octanol–water partition coefficient (Wildman–Crippen LogP) is 1.49. The summed E-state index contributed by atoms with van der Waals surface area (Å²) in [5.41, 5.74) is 2.62. The first-order valence-electron chi connectivity index (χ1n) is 5.11. The van der Waals surface area contributed by atoms with E-state index in [1.54, 1.807) is 5.38 Å². The number of rotatable bonds is 4. The summed E-state index contributed by atoms with van der Waals surface area (Å²) >= 11 is 1.38. The third kappa shape index (κ3) is 3.29. The Balaban J connectivity index is 2.08. The average Bonchev–Trinajstić information content (AvgIpc) is 2.64. The Bertz CT molecular complexity index is 537. The number of carboxylic acids is 1. The largest absolute Gasteiger partial charge is 0.550 e. The summed E-state index contributed by atoms with van der Waals surface area (Å²) in [5, 5.41) is 15.9. The number of nitrogens with zero attached hydrogens (tertiary/aromatic N) is 1. The summed E-state index contributed by atoms with van der Waals surface area (Å²) in [6.45, 7) is 2.01. The number of anilines is 2. The molecule has 0 saturated carbocycles. The van der Waals surface area contributed by atoms with E-state index in [9.17, 15) is 9.90 Å². The first-order chi connectivity index (χ1) is 8.13. The van der Waals surface area contributed by atoms with Gasteiger partial charge in [0.25, 0.3) is 0 Å². The number of hydrogen-bond acceptors (Lipinski definition) is 5. The minimum Gasteiger partial charge on any atom is -0.550 e. The molecule has 0 fully saturated rings. The molecule has 1 N–H and O–H groups in total. The van der Waals surface area contributed by atoms with E-state index in [2.05, 4.69) is 10.3 Å². The topological polar surface area (TPSA) is 65.0 Å². The Morgan fingerprint density at radius 3 is 3.06 bits per heavy atom. The number of carboxylic acid groups (broad SMARTS) is 1. The molecule has 88 valence electrons. The molecule has 17 heavy (non-hydrogen) atoms. The maximum absolute atomic E-state index is 10.4. The summed E-state index contributed by atoms with van der Waals surface area (Å²) in [4.78, 5) is 14.6. The second-order valence-corrected chi connectivity index (χ2v) is 4.55. The minimum absolute atomic E-state index is 0.147. The molecule has 0 spiro atoms. The molecular weight excluding hydrogens is 236 g/mol. The number of carbonyl (C=O) groups is 1. The van der Waals surface area contributed by atoms with Crippen LogP contribution >= 0.6 is 11.3 Å². The molecule has 4 nitrogen and oxygen atoms in total. The maximum Gasteiger partial charge on any atom is 0.187 e. The summed E-state index contributed by atoms with van der Waals surface area (Å²) in [7, 11) is 0. The average molecular weight is 247 g/mol. The first kappa shape index (κ1) is 11.6. The van der Waals surface area contributed by atoms with Crippen LogP contribution in [0.1, 0.15) is 11.3 Å². The minimum atomic E-state index is -1.11. The van der Waals surface area contributed by atoms with Gasteiger partial charge in [-0.1, -0.05) is 12.1 Å². The van der Waals surface area contributed by atoms with Gasteiger partial charge in [-0.05, 0) is 24.6 Å². The van der Waals surface area contributed by atoms with E-state index in [-0.39, 0.29) is 6.42 Å². The van der Waals surface area contributed by atoms with Crippen LogP contribution in [-0.4, -0.2) is 11.0 Å². The van der Waals surface area contributed by atoms with Gasteiger partial charge in [-0.25, -0.2) is 4.98 Å². The molecule has 0 aliphatic carbocycles. The molecule has 0 aliphatic heterocycles. The number of nitrogens with one attached hydrogen (secondary N) is 1. The summed E-state index contributed by atoms with van der Waals surface area (Å²) in [6, 6.07) is 7.90. The van der Waals surface area contributed by atoms with Crippen molar-refractivity contribution < 1.29 is 9.90 Å². The van der Waals surface area contributed by atoms with Crippen LogP contribution in [0.5, 0.6) is 0 Å². The third-order valence-corrected chi connectivity index (χ3v) is 2.95. The third-order valence-electron chi connectivity index (χ3n) is 2.15. The fraction of sp³-hybridized carbons (Fsp3) is 0.167. The molecule has 2 rings (SSSR count). The highest BCUT2D eigenvalue weighted by atomic mass is 32.1. The predicted molar refractivity (Wildman–Crippen MR) is 65.3 cm³/mol. The monoisotopic (exact) mass is 247 g/mol. The lowest BCUT2D eigenvalue weighted by molar-refractivity contribution is -0.304. The van der Waals surface area contributed by atoms with Crippen molar-refractivity contribution >= 4 is 28.1 Å². The molecule has 0 atom stereocenters. The van der Waals surface area contributed by atoms with Gasteiger partial charge in [-0.2, -0.15) is 0 Å². The molecule has 0 unspecified atom stereocenters. The van der Waals surface area contributed by atoms with Gasteiger partial charge in [0.1, 0.15) is 0 Å². The molecule has 0 radical (unpaired) electrons. The number of hydrogen-bond donors (Lipinski definition) is 1. The number of thiazole rings is 1. The number of benzene rings is 1. The van der Waals surface area contributed by atoms with Crippen molar-refractivity contribution in [3.8, 4) is 0 Å². The van der Waals surface area contributed by atoms with Crippen molar-refractivity contribution in [1.29, 1.82) is 0 Å². The van der Waals surface area contributed by atoms with Crippen molar-refractivity contribution in [2.24, 2.45) is 0 Å². The molecular formula is C12H11N2O2S-. The number of aromatic nitrogens is 1. The van der Waals surface area contributed by atoms with Gasteiger partial charge in [0.05, 0.1) is 5.69 Å². The van der Waals surface area contributed by atoms with Gasteiger partial charge in [0.2, 0.25) is 0 Å². The van der Waals surface area contributed by atoms with E-state index >= 15 is 0 Å².